The lowest BCUT2D eigenvalue weighted by Gasteiger charge is -2.07. The Labute approximate surface area is 122 Å². The normalized spacial score (nSPS) is 11.7. The average Bonchev–Trinajstić information content (AvgIpc) is 2.85. The number of hydrogen-bond acceptors (Lipinski definition) is 2. The molecule has 21 heavy (non-hydrogen) atoms. The van der Waals surface area contributed by atoms with Gasteiger partial charge >= 0.3 is 0 Å². The molecule has 0 bridgehead atoms. The zero-order valence-electron chi connectivity index (χ0n) is 11.9. The molecule has 0 aliphatic carbocycles. The molecule has 0 fully saturated rings. The number of ether oxygens (including phenoxy) is 1. The summed E-state index contributed by atoms with van der Waals surface area (Å²) in [4.78, 5) is 7.99. The quantitative estimate of drug-likeness (QED) is 0.701. The van der Waals surface area contributed by atoms with Crippen molar-refractivity contribution < 1.29 is 9.13 Å². The summed E-state index contributed by atoms with van der Waals surface area (Å²) >= 11 is 0. The molecule has 0 saturated heterocycles. The third-order valence-electron chi connectivity index (χ3n) is 3.33. The summed E-state index contributed by atoms with van der Waals surface area (Å²) in [6.07, 6.45) is 4.26. The van der Waals surface area contributed by atoms with Crippen molar-refractivity contribution in [1.29, 1.82) is 0 Å². The van der Waals surface area contributed by atoms with E-state index < -0.39 is 0 Å². The number of aromatic amines is 1. The maximum Gasteiger partial charge on any atom is 0.221 e. The molecule has 3 rings (SSSR count). The standard InChI is InChI=1S/C17H17FN2O/c1-2-6-12-11-15-16(20-17(12)21-10-5-9-18)13-7-3-4-8-14(13)19-15/h2-4,6-8,11,19H,5,9-10H2,1H3. The van der Waals surface area contributed by atoms with E-state index in [1.165, 1.54) is 0 Å². The first-order valence-corrected chi connectivity index (χ1v) is 7.06. The zero-order chi connectivity index (χ0) is 14.7. The second-order valence-corrected chi connectivity index (χ2v) is 4.84. The van der Waals surface area contributed by atoms with Crippen molar-refractivity contribution in [2.45, 2.75) is 13.3 Å². The molecule has 2 aromatic heterocycles. The molecule has 1 aromatic carbocycles. The monoisotopic (exact) mass is 284 g/mol. The number of halogens is 1. The number of allylic oxidation sites excluding steroid dienone is 1. The summed E-state index contributed by atoms with van der Waals surface area (Å²) in [7, 11) is 0. The number of hydrogen-bond donors (Lipinski definition) is 1. The van der Waals surface area contributed by atoms with Gasteiger partial charge in [-0.2, -0.15) is 0 Å². The Morgan fingerprint density at radius 3 is 2.95 bits per heavy atom. The molecule has 0 aliphatic rings. The first-order valence-electron chi connectivity index (χ1n) is 7.06. The van der Waals surface area contributed by atoms with Crippen LogP contribution in [0.25, 0.3) is 28.0 Å². The largest absolute Gasteiger partial charge is 0.477 e. The summed E-state index contributed by atoms with van der Waals surface area (Å²) in [5.41, 5.74) is 3.80. The second kappa shape index (κ2) is 5.95. The summed E-state index contributed by atoms with van der Waals surface area (Å²) in [6, 6.07) is 10.1. The van der Waals surface area contributed by atoms with E-state index in [4.69, 9.17) is 4.74 Å². The minimum Gasteiger partial charge on any atom is -0.477 e. The first-order chi connectivity index (χ1) is 10.3. The van der Waals surface area contributed by atoms with E-state index >= 15 is 0 Å². The Bertz CT molecular complexity index is 792. The summed E-state index contributed by atoms with van der Waals surface area (Å²) in [5, 5.41) is 1.06. The van der Waals surface area contributed by atoms with Crippen LogP contribution in [0.2, 0.25) is 0 Å². The first kappa shape index (κ1) is 13.6. The number of rotatable bonds is 5. The van der Waals surface area contributed by atoms with Crippen LogP contribution in [-0.4, -0.2) is 23.2 Å². The maximum atomic E-state index is 12.2. The fourth-order valence-corrected chi connectivity index (χ4v) is 2.39. The predicted octanol–water partition coefficient (Wildman–Crippen LogP) is 4.49. The lowest BCUT2D eigenvalue weighted by Crippen LogP contribution is -2.01. The summed E-state index contributed by atoms with van der Waals surface area (Å²) < 4.78 is 17.9. The van der Waals surface area contributed by atoms with Crippen molar-refractivity contribution in [3.63, 3.8) is 0 Å². The van der Waals surface area contributed by atoms with Crippen LogP contribution < -0.4 is 4.74 Å². The van der Waals surface area contributed by atoms with E-state index in [0.717, 1.165) is 27.5 Å². The van der Waals surface area contributed by atoms with Gasteiger partial charge in [-0.25, -0.2) is 4.98 Å². The molecule has 2 heterocycles. The van der Waals surface area contributed by atoms with Crippen LogP contribution in [0.4, 0.5) is 4.39 Å². The fraction of sp³-hybridized carbons (Fsp3) is 0.235. The zero-order valence-corrected chi connectivity index (χ0v) is 11.9. The lowest BCUT2D eigenvalue weighted by molar-refractivity contribution is 0.280. The molecular formula is C17H17FN2O. The van der Waals surface area contributed by atoms with E-state index in [-0.39, 0.29) is 6.67 Å². The molecule has 0 aliphatic heterocycles. The van der Waals surface area contributed by atoms with Gasteiger partial charge in [0.25, 0.3) is 0 Å². The van der Waals surface area contributed by atoms with E-state index in [0.29, 0.717) is 18.9 Å². The van der Waals surface area contributed by atoms with Gasteiger partial charge in [0.1, 0.15) is 0 Å². The third kappa shape index (κ3) is 2.61. The van der Waals surface area contributed by atoms with Crippen LogP contribution in [0.3, 0.4) is 0 Å². The van der Waals surface area contributed by atoms with Gasteiger partial charge in [0.15, 0.2) is 0 Å². The van der Waals surface area contributed by atoms with Crippen LogP contribution in [0.1, 0.15) is 18.9 Å². The SMILES string of the molecule is CC=Cc1cc2[nH]c3ccccc3c2nc1OCCCF. The van der Waals surface area contributed by atoms with Gasteiger partial charge in [-0.1, -0.05) is 30.4 Å². The van der Waals surface area contributed by atoms with Crippen LogP contribution in [-0.2, 0) is 0 Å². The Hall–Kier alpha value is -2.36. The molecule has 0 saturated carbocycles. The van der Waals surface area contributed by atoms with Crippen LogP contribution in [0.15, 0.2) is 36.4 Å². The molecule has 0 radical (unpaired) electrons. The minimum absolute atomic E-state index is 0.335. The van der Waals surface area contributed by atoms with Gasteiger partial charge in [-0.05, 0) is 19.1 Å². The number of para-hydroxylation sites is 1. The van der Waals surface area contributed by atoms with Crippen molar-refractivity contribution in [2.24, 2.45) is 0 Å². The molecule has 4 heteroatoms. The smallest absolute Gasteiger partial charge is 0.221 e. The fourth-order valence-electron chi connectivity index (χ4n) is 2.39. The number of H-pyrrole nitrogens is 1. The molecule has 108 valence electrons. The number of nitrogens with one attached hydrogen (secondary N) is 1. The van der Waals surface area contributed by atoms with Crippen molar-refractivity contribution in [2.75, 3.05) is 13.3 Å². The van der Waals surface area contributed by atoms with Gasteiger partial charge in [-0.3, -0.25) is 4.39 Å². The molecule has 0 atom stereocenters. The van der Waals surface area contributed by atoms with Crippen molar-refractivity contribution in [3.8, 4) is 5.88 Å². The number of nitrogens with zero attached hydrogens (tertiary/aromatic N) is 1. The Morgan fingerprint density at radius 2 is 2.14 bits per heavy atom. The van der Waals surface area contributed by atoms with Crippen molar-refractivity contribution >= 4 is 28.0 Å². The third-order valence-corrected chi connectivity index (χ3v) is 3.33. The van der Waals surface area contributed by atoms with E-state index in [1.807, 2.05) is 49.4 Å². The number of alkyl halides is 1. The highest BCUT2D eigenvalue weighted by Crippen LogP contribution is 2.29. The van der Waals surface area contributed by atoms with Gasteiger partial charge in [-0.15, -0.1) is 0 Å². The van der Waals surface area contributed by atoms with Crippen LogP contribution in [0, 0.1) is 0 Å². The van der Waals surface area contributed by atoms with Crippen molar-refractivity contribution in [1.82, 2.24) is 9.97 Å². The summed E-state index contributed by atoms with van der Waals surface area (Å²) in [6.45, 7) is 1.90. The Morgan fingerprint density at radius 1 is 1.29 bits per heavy atom. The highest BCUT2D eigenvalue weighted by molar-refractivity contribution is 6.05. The predicted molar refractivity (Wildman–Crippen MR) is 84.4 cm³/mol. The molecule has 1 N–H and O–H groups in total. The Balaban J connectivity index is 2.13. The second-order valence-electron chi connectivity index (χ2n) is 4.84. The molecule has 3 nitrogen and oxygen atoms in total. The van der Waals surface area contributed by atoms with Gasteiger partial charge in [0, 0.05) is 22.9 Å². The average molecular weight is 284 g/mol. The highest BCUT2D eigenvalue weighted by atomic mass is 19.1. The van der Waals surface area contributed by atoms with Gasteiger partial charge in [0.05, 0.1) is 24.3 Å². The number of aromatic nitrogens is 2. The number of benzene rings is 1. The van der Waals surface area contributed by atoms with Gasteiger partial charge in [0.2, 0.25) is 5.88 Å². The van der Waals surface area contributed by atoms with Crippen LogP contribution >= 0.6 is 0 Å². The highest BCUT2D eigenvalue weighted by Gasteiger charge is 2.10. The maximum absolute atomic E-state index is 12.2. The molecular weight excluding hydrogens is 267 g/mol. The lowest BCUT2D eigenvalue weighted by atomic mass is 10.2. The molecule has 0 amide bonds. The molecule has 0 spiro atoms. The van der Waals surface area contributed by atoms with Crippen molar-refractivity contribution in [3.05, 3.63) is 42.0 Å². The number of fused-ring (bicyclic) bond motifs is 3. The Kier molecular flexibility index (Phi) is 3.86. The molecule has 3 aromatic rings. The topological polar surface area (TPSA) is 37.9 Å². The van der Waals surface area contributed by atoms with Crippen LogP contribution in [0.5, 0.6) is 5.88 Å². The summed E-state index contributed by atoms with van der Waals surface area (Å²) in [5.74, 6) is 0.554. The van der Waals surface area contributed by atoms with Gasteiger partial charge < -0.3 is 9.72 Å². The minimum atomic E-state index is -0.381. The number of pyridine rings is 1. The van der Waals surface area contributed by atoms with E-state index in [9.17, 15) is 4.39 Å². The van der Waals surface area contributed by atoms with E-state index in [2.05, 4.69) is 9.97 Å². The van der Waals surface area contributed by atoms with E-state index in [1.54, 1.807) is 0 Å². The molecule has 0 unspecified atom stereocenters.